The molecule has 5 heteroatoms. The molecule has 1 aromatic carbocycles. The molecule has 1 unspecified atom stereocenters. The van der Waals surface area contributed by atoms with Crippen LogP contribution in [-0.2, 0) is 11.3 Å². The standard InChI is InChI=1S/C13H18N2O3/c1-8-5-4-6-9(2)11(8)7-14-13(18)15-10(3)12(16)17/h4-6,10H,7H2,1-3H3,(H,16,17)(H2,14,15,18). The maximum absolute atomic E-state index is 11.5. The Morgan fingerprint density at radius 2 is 1.83 bits per heavy atom. The lowest BCUT2D eigenvalue weighted by Crippen LogP contribution is -2.44. The summed E-state index contributed by atoms with van der Waals surface area (Å²) >= 11 is 0. The lowest BCUT2D eigenvalue weighted by molar-refractivity contribution is -0.138. The quantitative estimate of drug-likeness (QED) is 0.759. The number of urea groups is 1. The summed E-state index contributed by atoms with van der Waals surface area (Å²) in [4.78, 5) is 22.0. The molecule has 1 rings (SSSR count). The number of carbonyl (C=O) groups excluding carboxylic acids is 1. The Morgan fingerprint density at radius 3 is 2.33 bits per heavy atom. The van der Waals surface area contributed by atoms with Gasteiger partial charge >= 0.3 is 12.0 Å². The number of nitrogens with one attached hydrogen (secondary N) is 2. The summed E-state index contributed by atoms with van der Waals surface area (Å²) in [5.74, 6) is -1.06. The average molecular weight is 250 g/mol. The molecule has 0 saturated carbocycles. The first-order chi connectivity index (χ1) is 8.41. The number of carboxylic acid groups (broad SMARTS) is 1. The van der Waals surface area contributed by atoms with E-state index in [1.807, 2.05) is 32.0 Å². The topological polar surface area (TPSA) is 78.4 Å². The van der Waals surface area contributed by atoms with Crippen LogP contribution in [0.25, 0.3) is 0 Å². The van der Waals surface area contributed by atoms with E-state index in [4.69, 9.17) is 5.11 Å². The minimum Gasteiger partial charge on any atom is -0.480 e. The molecular formula is C13H18N2O3. The summed E-state index contributed by atoms with van der Waals surface area (Å²) in [7, 11) is 0. The van der Waals surface area contributed by atoms with Gasteiger partial charge in [0, 0.05) is 6.54 Å². The van der Waals surface area contributed by atoms with Gasteiger partial charge in [-0.3, -0.25) is 4.79 Å². The fourth-order valence-corrected chi connectivity index (χ4v) is 1.61. The van der Waals surface area contributed by atoms with E-state index in [-0.39, 0.29) is 0 Å². The SMILES string of the molecule is Cc1cccc(C)c1CNC(=O)NC(C)C(=O)O. The smallest absolute Gasteiger partial charge is 0.325 e. The number of aliphatic carboxylic acids is 1. The van der Waals surface area contributed by atoms with Crippen LogP contribution in [0, 0.1) is 13.8 Å². The Kier molecular flexibility index (Phi) is 4.71. The van der Waals surface area contributed by atoms with Gasteiger partial charge in [0.2, 0.25) is 0 Å². The molecule has 2 amide bonds. The van der Waals surface area contributed by atoms with Crippen LogP contribution in [0.3, 0.4) is 0 Å². The maximum Gasteiger partial charge on any atom is 0.325 e. The molecular weight excluding hydrogens is 232 g/mol. The minimum atomic E-state index is -1.06. The number of benzene rings is 1. The van der Waals surface area contributed by atoms with Crippen molar-refractivity contribution in [2.45, 2.75) is 33.4 Å². The summed E-state index contributed by atoms with van der Waals surface area (Å²) in [6, 6.07) is 4.53. The van der Waals surface area contributed by atoms with Crippen molar-refractivity contribution in [3.8, 4) is 0 Å². The number of carbonyl (C=O) groups is 2. The fourth-order valence-electron chi connectivity index (χ4n) is 1.61. The summed E-state index contributed by atoms with van der Waals surface area (Å²) in [5.41, 5.74) is 3.25. The van der Waals surface area contributed by atoms with Crippen molar-refractivity contribution < 1.29 is 14.7 Å². The molecule has 3 N–H and O–H groups in total. The zero-order valence-electron chi connectivity index (χ0n) is 10.8. The van der Waals surface area contributed by atoms with Crippen molar-refractivity contribution in [2.24, 2.45) is 0 Å². The molecule has 0 radical (unpaired) electrons. The van der Waals surface area contributed by atoms with Crippen molar-refractivity contribution in [3.63, 3.8) is 0 Å². The summed E-state index contributed by atoms with van der Waals surface area (Å²) in [5, 5.41) is 13.7. The van der Waals surface area contributed by atoms with Gasteiger partial charge in [0.1, 0.15) is 6.04 Å². The van der Waals surface area contributed by atoms with E-state index in [0.717, 1.165) is 16.7 Å². The summed E-state index contributed by atoms with van der Waals surface area (Å²) < 4.78 is 0. The van der Waals surface area contributed by atoms with E-state index in [2.05, 4.69) is 10.6 Å². The molecule has 0 aromatic heterocycles. The highest BCUT2D eigenvalue weighted by molar-refractivity contribution is 5.82. The number of aryl methyl sites for hydroxylation is 2. The molecule has 1 aromatic rings. The van der Waals surface area contributed by atoms with Crippen LogP contribution >= 0.6 is 0 Å². The third-order valence-electron chi connectivity index (χ3n) is 2.79. The largest absolute Gasteiger partial charge is 0.480 e. The molecule has 0 saturated heterocycles. The van der Waals surface area contributed by atoms with Crippen LogP contribution in [0.2, 0.25) is 0 Å². The van der Waals surface area contributed by atoms with Crippen LogP contribution < -0.4 is 10.6 Å². The molecule has 1 atom stereocenters. The number of carboxylic acids is 1. The van der Waals surface area contributed by atoms with E-state index in [1.165, 1.54) is 6.92 Å². The summed E-state index contributed by atoms with van der Waals surface area (Å²) in [6.45, 7) is 5.75. The monoisotopic (exact) mass is 250 g/mol. The normalized spacial score (nSPS) is 11.7. The molecule has 0 bridgehead atoms. The first kappa shape index (κ1) is 14.0. The first-order valence-corrected chi connectivity index (χ1v) is 5.74. The Bertz CT molecular complexity index is 437. The zero-order valence-corrected chi connectivity index (χ0v) is 10.8. The van der Waals surface area contributed by atoms with Gasteiger partial charge in [-0.25, -0.2) is 4.79 Å². The van der Waals surface area contributed by atoms with Crippen molar-refractivity contribution in [1.29, 1.82) is 0 Å². The highest BCUT2D eigenvalue weighted by Crippen LogP contribution is 2.12. The predicted molar refractivity (Wildman–Crippen MR) is 68.4 cm³/mol. The van der Waals surface area contributed by atoms with E-state index in [9.17, 15) is 9.59 Å². The van der Waals surface area contributed by atoms with Crippen LogP contribution in [0.4, 0.5) is 4.79 Å². The first-order valence-electron chi connectivity index (χ1n) is 5.74. The van der Waals surface area contributed by atoms with Crippen molar-refractivity contribution in [2.75, 3.05) is 0 Å². The van der Waals surface area contributed by atoms with Gasteiger partial charge < -0.3 is 15.7 Å². The zero-order chi connectivity index (χ0) is 13.7. The van der Waals surface area contributed by atoms with E-state index in [1.54, 1.807) is 0 Å². The molecule has 18 heavy (non-hydrogen) atoms. The Morgan fingerprint density at radius 1 is 1.28 bits per heavy atom. The van der Waals surface area contributed by atoms with Gasteiger partial charge in [0.15, 0.2) is 0 Å². The van der Waals surface area contributed by atoms with Gasteiger partial charge in [0.05, 0.1) is 0 Å². The van der Waals surface area contributed by atoms with Crippen molar-refractivity contribution >= 4 is 12.0 Å². The van der Waals surface area contributed by atoms with Crippen LogP contribution in [0.5, 0.6) is 0 Å². The van der Waals surface area contributed by atoms with Crippen LogP contribution in [0.15, 0.2) is 18.2 Å². The third-order valence-corrected chi connectivity index (χ3v) is 2.79. The van der Waals surface area contributed by atoms with Crippen molar-refractivity contribution in [1.82, 2.24) is 10.6 Å². The molecule has 0 aliphatic carbocycles. The highest BCUT2D eigenvalue weighted by Gasteiger charge is 2.13. The predicted octanol–water partition coefficient (Wildman–Crippen LogP) is 1.58. The molecule has 98 valence electrons. The lowest BCUT2D eigenvalue weighted by atomic mass is 10.0. The highest BCUT2D eigenvalue weighted by atomic mass is 16.4. The number of amides is 2. The molecule has 0 aliphatic heterocycles. The molecule has 5 nitrogen and oxygen atoms in total. The van der Waals surface area contributed by atoms with Gasteiger partial charge in [0.25, 0.3) is 0 Å². The number of rotatable bonds is 4. The number of hydrogen-bond acceptors (Lipinski definition) is 2. The number of hydrogen-bond donors (Lipinski definition) is 3. The Hall–Kier alpha value is -2.04. The minimum absolute atomic E-state index is 0.386. The Balaban J connectivity index is 2.55. The van der Waals surface area contributed by atoms with Crippen LogP contribution in [0.1, 0.15) is 23.6 Å². The maximum atomic E-state index is 11.5. The average Bonchev–Trinajstić information content (AvgIpc) is 2.28. The van der Waals surface area contributed by atoms with Gasteiger partial charge in [-0.1, -0.05) is 18.2 Å². The van der Waals surface area contributed by atoms with E-state index < -0.39 is 18.0 Å². The second kappa shape index (κ2) is 6.05. The molecule has 0 heterocycles. The van der Waals surface area contributed by atoms with Gasteiger partial charge in [-0.2, -0.15) is 0 Å². The molecule has 0 spiro atoms. The van der Waals surface area contributed by atoms with Crippen LogP contribution in [-0.4, -0.2) is 23.1 Å². The second-order valence-corrected chi connectivity index (χ2v) is 4.26. The van der Waals surface area contributed by atoms with E-state index >= 15 is 0 Å². The van der Waals surface area contributed by atoms with Gasteiger partial charge in [-0.05, 0) is 37.5 Å². The fraction of sp³-hybridized carbons (Fsp3) is 0.385. The second-order valence-electron chi connectivity index (χ2n) is 4.26. The molecule has 0 aliphatic rings. The van der Waals surface area contributed by atoms with Crippen molar-refractivity contribution in [3.05, 3.63) is 34.9 Å². The van der Waals surface area contributed by atoms with Gasteiger partial charge in [-0.15, -0.1) is 0 Å². The Labute approximate surface area is 106 Å². The molecule has 0 fully saturated rings. The lowest BCUT2D eigenvalue weighted by Gasteiger charge is -2.13. The van der Waals surface area contributed by atoms with E-state index in [0.29, 0.717) is 6.54 Å². The summed E-state index contributed by atoms with van der Waals surface area (Å²) in [6.07, 6.45) is 0. The third kappa shape index (κ3) is 3.76.